The maximum atomic E-state index is 15.0. The smallest absolute Gasteiger partial charge is 0.305 e. The van der Waals surface area contributed by atoms with Crippen molar-refractivity contribution in [1.29, 1.82) is 5.26 Å². The molecule has 2 aromatic carbocycles. The number of methoxy groups -OCH3 is 1. The number of nitriles is 1. The molecule has 9 heteroatoms. The number of benzene rings is 2. The highest BCUT2D eigenvalue weighted by Crippen LogP contribution is 2.54. The fourth-order valence-corrected chi connectivity index (χ4v) is 9.08. The van der Waals surface area contributed by atoms with E-state index in [0.717, 1.165) is 95.7 Å². The van der Waals surface area contributed by atoms with Gasteiger partial charge in [-0.05, 0) is 106 Å². The van der Waals surface area contributed by atoms with Gasteiger partial charge in [-0.15, -0.1) is 0 Å². The van der Waals surface area contributed by atoms with Gasteiger partial charge in [0.05, 0.1) is 24.3 Å². The summed E-state index contributed by atoms with van der Waals surface area (Å²) in [6.07, 6.45) is 5.66. The third-order valence-electron chi connectivity index (χ3n) is 11.6. The molecule has 0 spiro atoms. The van der Waals surface area contributed by atoms with Crippen LogP contribution in [0.1, 0.15) is 73.9 Å². The summed E-state index contributed by atoms with van der Waals surface area (Å²) in [5.41, 5.74) is 2.69. The van der Waals surface area contributed by atoms with Gasteiger partial charge >= 0.3 is 5.97 Å². The molecule has 1 saturated carbocycles. The van der Waals surface area contributed by atoms with Gasteiger partial charge in [0.15, 0.2) is 0 Å². The predicted octanol–water partition coefficient (Wildman–Crippen LogP) is 5.81. The Morgan fingerprint density at radius 2 is 1.77 bits per heavy atom. The summed E-state index contributed by atoms with van der Waals surface area (Å²) in [6, 6.07) is 15.1. The van der Waals surface area contributed by atoms with E-state index >= 15 is 4.39 Å². The summed E-state index contributed by atoms with van der Waals surface area (Å²) in [6.45, 7) is 12.0. The first-order valence-corrected chi connectivity index (χ1v) is 17.9. The minimum absolute atomic E-state index is 0.145. The molecule has 260 valence electrons. The van der Waals surface area contributed by atoms with Crippen molar-refractivity contribution < 1.29 is 18.7 Å². The van der Waals surface area contributed by atoms with Crippen molar-refractivity contribution in [3.63, 3.8) is 0 Å². The average Bonchev–Trinajstić information content (AvgIpc) is 3.54. The van der Waals surface area contributed by atoms with Crippen LogP contribution in [0.15, 0.2) is 42.5 Å². The van der Waals surface area contributed by atoms with Gasteiger partial charge in [-0.25, -0.2) is 4.39 Å². The van der Waals surface area contributed by atoms with Gasteiger partial charge in [0, 0.05) is 63.7 Å². The van der Waals surface area contributed by atoms with E-state index in [9.17, 15) is 14.9 Å². The number of amides is 1. The maximum absolute atomic E-state index is 15.0. The summed E-state index contributed by atoms with van der Waals surface area (Å²) in [7, 11) is 4.89. The van der Waals surface area contributed by atoms with Crippen molar-refractivity contribution in [1.82, 2.24) is 14.7 Å². The maximum Gasteiger partial charge on any atom is 0.305 e. The van der Waals surface area contributed by atoms with E-state index in [1.54, 1.807) is 32.3 Å². The Labute approximate surface area is 286 Å². The predicted molar refractivity (Wildman–Crippen MR) is 187 cm³/mol. The normalized spacial score (nSPS) is 21.8. The van der Waals surface area contributed by atoms with Crippen LogP contribution in [0.4, 0.5) is 10.1 Å². The van der Waals surface area contributed by atoms with E-state index in [0.29, 0.717) is 29.4 Å². The number of carbonyl (C=O) groups is 2. The number of rotatable bonds is 13. The Morgan fingerprint density at radius 1 is 1.04 bits per heavy atom. The third-order valence-corrected chi connectivity index (χ3v) is 11.6. The van der Waals surface area contributed by atoms with Gasteiger partial charge in [-0.2, -0.15) is 5.26 Å². The Balaban J connectivity index is 1.31. The second-order valence-corrected chi connectivity index (χ2v) is 14.5. The van der Waals surface area contributed by atoms with Crippen molar-refractivity contribution in [2.45, 2.75) is 57.8 Å². The van der Waals surface area contributed by atoms with Gasteiger partial charge < -0.3 is 24.3 Å². The molecule has 0 bridgehead atoms. The first-order valence-electron chi connectivity index (χ1n) is 17.9. The van der Waals surface area contributed by atoms with Gasteiger partial charge in [-0.1, -0.05) is 32.4 Å². The minimum Gasteiger partial charge on any atom is -0.469 e. The van der Waals surface area contributed by atoms with Crippen LogP contribution in [-0.4, -0.2) is 100 Å². The standard InChI is InChI=1S/C39H54FN5O3/c1-6-43(7-2)27-39(32-11-9-12-33(40)21-32,36-13-8-10-29(36)20-37(46)48-5)31-16-18-44(19-17-31)24-28-25-45(26-28)34-15-14-30(23-41)35(22-34)38(47)42(3)4/h9,11-12,14-15,21-22,28-29,31,36H,6-8,10,13,16-20,24-27H2,1-5H3/t29-,36+,39+/m1/s1. The number of piperidine rings is 1. The molecule has 3 fully saturated rings. The molecule has 0 unspecified atom stereocenters. The van der Waals surface area contributed by atoms with E-state index in [4.69, 9.17) is 4.74 Å². The van der Waals surface area contributed by atoms with Gasteiger partial charge in [0.2, 0.25) is 0 Å². The fourth-order valence-electron chi connectivity index (χ4n) is 9.08. The van der Waals surface area contributed by atoms with E-state index < -0.39 is 0 Å². The van der Waals surface area contributed by atoms with Crippen LogP contribution in [-0.2, 0) is 14.9 Å². The molecule has 0 aromatic heterocycles. The highest BCUT2D eigenvalue weighted by molar-refractivity contribution is 5.97. The van der Waals surface area contributed by atoms with Crippen molar-refractivity contribution in [3.8, 4) is 6.07 Å². The summed E-state index contributed by atoms with van der Waals surface area (Å²) in [5.74, 6) is 0.938. The Morgan fingerprint density at radius 3 is 2.40 bits per heavy atom. The van der Waals surface area contributed by atoms with E-state index in [1.807, 2.05) is 18.2 Å². The molecule has 0 radical (unpaired) electrons. The lowest BCUT2D eigenvalue weighted by molar-refractivity contribution is -0.142. The largest absolute Gasteiger partial charge is 0.469 e. The molecule has 0 N–H and O–H groups in total. The Kier molecular flexibility index (Phi) is 11.8. The number of carbonyl (C=O) groups excluding carboxylic acids is 2. The van der Waals surface area contributed by atoms with Crippen LogP contribution in [0.25, 0.3) is 0 Å². The van der Waals surface area contributed by atoms with Crippen molar-refractivity contribution in [2.24, 2.45) is 23.7 Å². The fraction of sp³-hybridized carbons (Fsp3) is 0.615. The number of hydrogen-bond acceptors (Lipinski definition) is 7. The number of ether oxygens (including phenoxy) is 1. The number of anilines is 1. The van der Waals surface area contributed by atoms with Crippen molar-refractivity contribution >= 4 is 17.6 Å². The van der Waals surface area contributed by atoms with E-state index in [1.165, 1.54) is 12.0 Å². The molecule has 2 saturated heterocycles. The summed E-state index contributed by atoms with van der Waals surface area (Å²) in [5, 5.41) is 9.53. The number of hydrogen-bond donors (Lipinski definition) is 0. The third kappa shape index (κ3) is 7.55. The van der Waals surface area contributed by atoms with Crippen LogP contribution in [0.2, 0.25) is 0 Å². The van der Waals surface area contributed by atoms with Crippen molar-refractivity contribution in [2.75, 3.05) is 78.5 Å². The second-order valence-electron chi connectivity index (χ2n) is 14.5. The summed E-state index contributed by atoms with van der Waals surface area (Å²) < 4.78 is 20.2. The molecule has 1 aliphatic carbocycles. The minimum atomic E-state index is -0.250. The van der Waals surface area contributed by atoms with Gasteiger partial charge in [-0.3, -0.25) is 9.59 Å². The SMILES string of the molecule is CCN(CC)C[C@@](c1cccc(F)c1)(C1CCN(CC2CN(c3ccc(C#N)c(C(=O)N(C)C)c3)C2)CC1)[C@H]1CCC[C@@H]1CC(=O)OC. The highest BCUT2D eigenvalue weighted by Gasteiger charge is 2.52. The molecule has 1 amide bonds. The topological polar surface area (TPSA) is 80.1 Å². The zero-order valence-electron chi connectivity index (χ0n) is 29.6. The van der Waals surface area contributed by atoms with Crippen LogP contribution in [0, 0.1) is 40.8 Å². The molecule has 5 rings (SSSR count). The molecule has 3 aliphatic rings. The number of esters is 1. The monoisotopic (exact) mass is 659 g/mol. The molecule has 48 heavy (non-hydrogen) atoms. The van der Waals surface area contributed by atoms with Crippen LogP contribution < -0.4 is 4.90 Å². The van der Waals surface area contributed by atoms with Crippen LogP contribution in [0.3, 0.4) is 0 Å². The summed E-state index contributed by atoms with van der Waals surface area (Å²) >= 11 is 0. The van der Waals surface area contributed by atoms with Gasteiger partial charge in [0.25, 0.3) is 5.91 Å². The van der Waals surface area contributed by atoms with E-state index in [-0.39, 0.29) is 34.9 Å². The van der Waals surface area contributed by atoms with Crippen LogP contribution in [0.5, 0.6) is 0 Å². The number of likely N-dealkylation sites (N-methyl/N-ethyl adjacent to an activating group) is 1. The Hall–Kier alpha value is -3.48. The summed E-state index contributed by atoms with van der Waals surface area (Å²) in [4.78, 5) is 34.2. The van der Waals surface area contributed by atoms with Crippen LogP contribution >= 0.6 is 0 Å². The molecule has 2 aliphatic heterocycles. The van der Waals surface area contributed by atoms with Crippen molar-refractivity contribution in [3.05, 3.63) is 65.0 Å². The molecule has 8 nitrogen and oxygen atoms in total. The first-order chi connectivity index (χ1) is 23.1. The lowest BCUT2D eigenvalue weighted by Gasteiger charge is -2.53. The molecule has 2 aromatic rings. The zero-order valence-corrected chi connectivity index (χ0v) is 29.6. The highest BCUT2D eigenvalue weighted by atomic mass is 19.1. The molecule has 2 heterocycles. The number of halogens is 1. The molecule has 3 atom stereocenters. The first kappa shape index (κ1) is 35.8. The number of likely N-dealkylation sites (tertiary alicyclic amines) is 1. The Bertz CT molecular complexity index is 1460. The number of nitrogens with zero attached hydrogens (tertiary/aromatic N) is 5. The average molecular weight is 660 g/mol. The lowest BCUT2D eigenvalue weighted by atomic mass is 9.56. The van der Waals surface area contributed by atoms with Gasteiger partial charge in [0.1, 0.15) is 5.82 Å². The molecular weight excluding hydrogens is 605 g/mol. The van der Waals surface area contributed by atoms with E-state index in [2.05, 4.69) is 40.7 Å². The molecular formula is C39H54FN5O3. The zero-order chi connectivity index (χ0) is 34.4. The lowest BCUT2D eigenvalue weighted by Crippen LogP contribution is -2.56. The quantitative estimate of drug-likeness (QED) is 0.251. The second kappa shape index (κ2) is 15.8.